The second kappa shape index (κ2) is 3.88. The third-order valence-electron chi connectivity index (χ3n) is 2.76. The van der Waals surface area contributed by atoms with Crippen molar-refractivity contribution in [1.82, 2.24) is 0 Å². The third-order valence-corrected chi connectivity index (χ3v) is 2.76. The quantitative estimate of drug-likeness (QED) is 0.574. The number of ketones is 1. The molecule has 0 heterocycles. The molecule has 68 valence electrons. The lowest BCUT2D eigenvalue weighted by molar-refractivity contribution is -0.122. The van der Waals surface area contributed by atoms with Gasteiger partial charge in [0, 0.05) is 12.3 Å². The SMILES string of the molecule is C=C(CC)CC(=O)C(C)C1CC1. The standard InChI is InChI=1S/C11H18O/c1-4-8(2)7-11(12)9(3)10-5-6-10/h9-10H,2,4-7H2,1,3H3. The normalized spacial score (nSPS) is 18.8. The number of carbonyl (C=O) groups excluding carboxylic acids is 1. The van der Waals surface area contributed by atoms with Crippen molar-refractivity contribution >= 4 is 5.78 Å². The van der Waals surface area contributed by atoms with E-state index in [1.54, 1.807) is 0 Å². The Morgan fingerprint density at radius 2 is 2.17 bits per heavy atom. The molecule has 0 amide bonds. The molecule has 0 spiro atoms. The van der Waals surface area contributed by atoms with Crippen LogP contribution in [0.5, 0.6) is 0 Å². The summed E-state index contributed by atoms with van der Waals surface area (Å²) in [5, 5.41) is 0. The molecule has 1 unspecified atom stereocenters. The predicted octanol–water partition coefficient (Wildman–Crippen LogP) is 2.96. The minimum absolute atomic E-state index is 0.285. The van der Waals surface area contributed by atoms with E-state index in [9.17, 15) is 4.79 Å². The van der Waals surface area contributed by atoms with Crippen LogP contribution in [0.3, 0.4) is 0 Å². The van der Waals surface area contributed by atoms with E-state index in [1.807, 2.05) is 0 Å². The molecule has 0 radical (unpaired) electrons. The van der Waals surface area contributed by atoms with Gasteiger partial charge in [0.05, 0.1) is 0 Å². The van der Waals surface area contributed by atoms with Crippen molar-refractivity contribution in [3.63, 3.8) is 0 Å². The summed E-state index contributed by atoms with van der Waals surface area (Å²) in [4.78, 5) is 11.5. The largest absolute Gasteiger partial charge is 0.299 e. The summed E-state index contributed by atoms with van der Waals surface area (Å²) in [5.41, 5.74) is 1.08. The monoisotopic (exact) mass is 166 g/mol. The summed E-state index contributed by atoms with van der Waals surface area (Å²) in [6.07, 6.45) is 4.05. The first kappa shape index (κ1) is 9.50. The Morgan fingerprint density at radius 3 is 2.58 bits per heavy atom. The zero-order valence-electron chi connectivity index (χ0n) is 8.10. The van der Waals surface area contributed by atoms with E-state index in [4.69, 9.17) is 0 Å². The Labute approximate surface area is 74.9 Å². The van der Waals surface area contributed by atoms with Crippen molar-refractivity contribution in [3.05, 3.63) is 12.2 Å². The summed E-state index contributed by atoms with van der Waals surface area (Å²) in [6.45, 7) is 7.97. The zero-order chi connectivity index (χ0) is 9.14. The highest BCUT2D eigenvalue weighted by atomic mass is 16.1. The maximum absolute atomic E-state index is 11.5. The number of hydrogen-bond donors (Lipinski definition) is 0. The highest BCUT2D eigenvalue weighted by Crippen LogP contribution is 2.37. The highest BCUT2D eigenvalue weighted by Gasteiger charge is 2.32. The Bertz CT molecular complexity index is 189. The first-order valence-electron chi connectivity index (χ1n) is 4.84. The van der Waals surface area contributed by atoms with Crippen LogP contribution in [0.4, 0.5) is 0 Å². The van der Waals surface area contributed by atoms with Gasteiger partial charge in [-0.25, -0.2) is 0 Å². The number of allylic oxidation sites excluding steroid dienone is 1. The molecule has 0 N–H and O–H groups in total. The summed E-state index contributed by atoms with van der Waals surface area (Å²) in [6, 6.07) is 0. The van der Waals surface area contributed by atoms with Gasteiger partial charge in [-0.05, 0) is 25.2 Å². The fraction of sp³-hybridized carbons (Fsp3) is 0.727. The average Bonchev–Trinajstić information content (AvgIpc) is 2.85. The van der Waals surface area contributed by atoms with Crippen LogP contribution in [0.25, 0.3) is 0 Å². The van der Waals surface area contributed by atoms with Gasteiger partial charge in [0.1, 0.15) is 5.78 Å². The van der Waals surface area contributed by atoms with Crippen LogP contribution in [0, 0.1) is 11.8 Å². The molecule has 1 aliphatic rings. The zero-order valence-corrected chi connectivity index (χ0v) is 8.10. The molecule has 0 aromatic rings. The first-order valence-corrected chi connectivity index (χ1v) is 4.84. The van der Waals surface area contributed by atoms with Crippen LogP contribution in [-0.4, -0.2) is 5.78 Å². The molecule has 12 heavy (non-hydrogen) atoms. The predicted molar refractivity (Wildman–Crippen MR) is 50.9 cm³/mol. The van der Waals surface area contributed by atoms with E-state index in [1.165, 1.54) is 12.8 Å². The van der Waals surface area contributed by atoms with Crippen LogP contribution in [0.2, 0.25) is 0 Å². The Balaban J connectivity index is 2.31. The van der Waals surface area contributed by atoms with Crippen molar-refractivity contribution in [1.29, 1.82) is 0 Å². The van der Waals surface area contributed by atoms with Crippen molar-refractivity contribution < 1.29 is 4.79 Å². The average molecular weight is 166 g/mol. The van der Waals surface area contributed by atoms with Crippen LogP contribution in [-0.2, 0) is 4.79 Å². The summed E-state index contributed by atoms with van der Waals surface area (Å²) < 4.78 is 0. The second-order valence-corrected chi connectivity index (χ2v) is 3.87. The van der Waals surface area contributed by atoms with Crippen LogP contribution < -0.4 is 0 Å². The molecular formula is C11H18O. The molecule has 1 atom stereocenters. The molecule has 0 saturated heterocycles. The van der Waals surface area contributed by atoms with Gasteiger partial charge in [-0.2, -0.15) is 0 Å². The minimum Gasteiger partial charge on any atom is -0.299 e. The molecule has 0 aromatic heterocycles. The molecule has 0 bridgehead atoms. The number of hydrogen-bond acceptors (Lipinski definition) is 1. The lowest BCUT2D eigenvalue weighted by Gasteiger charge is -2.08. The molecule has 1 aliphatic carbocycles. The lowest BCUT2D eigenvalue weighted by atomic mass is 9.95. The van der Waals surface area contributed by atoms with E-state index in [-0.39, 0.29) is 5.92 Å². The topological polar surface area (TPSA) is 17.1 Å². The van der Waals surface area contributed by atoms with Crippen molar-refractivity contribution in [3.8, 4) is 0 Å². The van der Waals surface area contributed by atoms with Gasteiger partial charge in [-0.3, -0.25) is 4.79 Å². The second-order valence-electron chi connectivity index (χ2n) is 3.87. The maximum Gasteiger partial charge on any atom is 0.139 e. The number of rotatable bonds is 5. The van der Waals surface area contributed by atoms with Gasteiger partial charge in [-0.1, -0.05) is 26.0 Å². The van der Waals surface area contributed by atoms with Crippen molar-refractivity contribution in [2.75, 3.05) is 0 Å². The van der Waals surface area contributed by atoms with Gasteiger partial charge in [0.25, 0.3) is 0 Å². The van der Waals surface area contributed by atoms with Gasteiger partial charge in [0.2, 0.25) is 0 Å². The minimum atomic E-state index is 0.285. The van der Waals surface area contributed by atoms with Gasteiger partial charge in [0.15, 0.2) is 0 Å². The highest BCUT2D eigenvalue weighted by molar-refractivity contribution is 5.83. The van der Waals surface area contributed by atoms with Crippen LogP contribution in [0.1, 0.15) is 39.5 Å². The Kier molecular flexibility index (Phi) is 3.07. The molecule has 1 rings (SSSR count). The molecular weight excluding hydrogens is 148 g/mol. The van der Waals surface area contributed by atoms with Crippen molar-refractivity contribution in [2.24, 2.45) is 11.8 Å². The van der Waals surface area contributed by atoms with E-state index in [0.717, 1.165) is 12.0 Å². The molecule has 0 aliphatic heterocycles. The molecule has 1 fully saturated rings. The van der Waals surface area contributed by atoms with Crippen molar-refractivity contribution in [2.45, 2.75) is 39.5 Å². The Morgan fingerprint density at radius 1 is 1.58 bits per heavy atom. The molecule has 0 aromatic carbocycles. The number of carbonyl (C=O) groups is 1. The van der Waals surface area contributed by atoms with Gasteiger partial charge < -0.3 is 0 Å². The lowest BCUT2D eigenvalue weighted by Crippen LogP contribution is -2.13. The van der Waals surface area contributed by atoms with E-state index in [2.05, 4.69) is 20.4 Å². The summed E-state index contributed by atoms with van der Waals surface area (Å²) >= 11 is 0. The van der Waals surface area contributed by atoms with Gasteiger partial charge >= 0.3 is 0 Å². The summed E-state index contributed by atoms with van der Waals surface area (Å²) in [5.74, 6) is 1.37. The van der Waals surface area contributed by atoms with Gasteiger partial charge in [-0.15, -0.1) is 0 Å². The Hall–Kier alpha value is -0.590. The van der Waals surface area contributed by atoms with E-state index in [0.29, 0.717) is 18.1 Å². The third kappa shape index (κ3) is 2.47. The fourth-order valence-electron chi connectivity index (χ4n) is 1.39. The van der Waals surface area contributed by atoms with Crippen LogP contribution >= 0.6 is 0 Å². The molecule has 1 nitrogen and oxygen atoms in total. The smallest absolute Gasteiger partial charge is 0.139 e. The first-order chi connectivity index (χ1) is 5.65. The molecule has 1 heteroatoms. The fourth-order valence-corrected chi connectivity index (χ4v) is 1.39. The van der Waals surface area contributed by atoms with Crippen LogP contribution in [0.15, 0.2) is 12.2 Å². The molecule has 1 saturated carbocycles. The maximum atomic E-state index is 11.5. The van der Waals surface area contributed by atoms with E-state index >= 15 is 0 Å². The summed E-state index contributed by atoms with van der Waals surface area (Å²) in [7, 11) is 0. The van der Waals surface area contributed by atoms with E-state index < -0.39 is 0 Å². The number of Topliss-reactive ketones (excluding diaryl/α,β-unsaturated/α-hetero) is 1.